The zero-order valence-electron chi connectivity index (χ0n) is 13.1. The molecule has 2 amide bonds. The Hall–Kier alpha value is -2.28. The summed E-state index contributed by atoms with van der Waals surface area (Å²) in [5.41, 5.74) is 0.787. The summed E-state index contributed by atoms with van der Waals surface area (Å²) in [5.74, 6) is 0.557. The van der Waals surface area contributed by atoms with Crippen LogP contribution in [0.1, 0.15) is 5.69 Å². The third-order valence-corrected chi connectivity index (χ3v) is 4.72. The number of amides is 2. The van der Waals surface area contributed by atoms with Crippen LogP contribution in [0.2, 0.25) is 0 Å². The minimum atomic E-state index is -0.0413. The second kappa shape index (κ2) is 7.32. The predicted molar refractivity (Wildman–Crippen MR) is 91.1 cm³/mol. The number of piperazine rings is 1. The van der Waals surface area contributed by atoms with Crippen LogP contribution < -0.4 is 15.0 Å². The molecule has 6 nitrogen and oxygen atoms in total. The maximum atomic E-state index is 12.3. The van der Waals surface area contributed by atoms with Gasteiger partial charge in [-0.1, -0.05) is 6.07 Å². The molecule has 0 atom stereocenters. The van der Waals surface area contributed by atoms with Crippen LogP contribution in [0, 0.1) is 0 Å². The molecule has 23 heavy (non-hydrogen) atoms. The molecule has 122 valence electrons. The summed E-state index contributed by atoms with van der Waals surface area (Å²) in [4.78, 5) is 20.7. The first-order valence-electron chi connectivity index (χ1n) is 7.57. The van der Waals surface area contributed by atoms with Gasteiger partial charge < -0.3 is 19.9 Å². The van der Waals surface area contributed by atoms with Crippen LogP contribution in [0.25, 0.3) is 0 Å². The zero-order chi connectivity index (χ0) is 16.1. The molecular formula is C16H20N4O2S. The Morgan fingerprint density at radius 3 is 2.78 bits per heavy atom. The topological polar surface area (TPSA) is 57.7 Å². The Balaban J connectivity index is 1.48. The predicted octanol–water partition coefficient (Wildman–Crippen LogP) is 2.18. The Labute approximate surface area is 139 Å². The smallest absolute Gasteiger partial charge is 0.317 e. The number of aromatic nitrogens is 1. The number of thiophene rings is 1. The number of hydrogen-bond acceptors (Lipinski definition) is 5. The quantitative estimate of drug-likeness (QED) is 0.932. The van der Waals surface area contributed by atoms with Crippen LogP contribution in [-0.4, -0.2) is 49.2 Å². The van der Waals surface area contributed by atoms with Crippen molar-refractivity contribution in [2.24, 2.45) is 0 Å². The fraction of sp³-hybridized carbons (Fsp3) is 0.375. The van der Waals surface area contributed by atoms with Crippen molar-refractivity contribution in [1.82, 2.24) is 15.2 Å². The van der Waals surface area contributed by atoms with Crippen LogP contribution in [0.3, 0.4) is 0 Å². The summed E-state index contributed by atoms with van der Waals surface area (Å²) >= 11 is 1.74. The van der Waals surface area contributed by atoms with E-state index in [-0.39, 0.29) is 6.03 Å². The SMILES string of the molecule is COc1cccc(CNC(=O)N2CCN(c3cccs3)CC2)n1. The molecule has 0 aliphatic carbocycles. The average Bonchev–Trinajstić information content (AvgIpc) is 3.14. The lowest BCUT2D eigenvalue weighted by molar-refractivity contribution is 0.194. The highest BCUT2D eigenvalue weighted by molar-refractivity contribution is 7.14. The molecule has 0 radical (unpaired) electrons. The third-order valence-electron chi connectivity index (χ3n) is 3.80. The molecule has 1 aliphatic heterocycles. The molecule has 1 N–H and O–H groups in total. The molecule has 1 saturated heterocycles. The number of rotatable bonds is 4. The van der Waals surface area contributed by atoms with E-state index in [1.807, 2.05) is 17.0 Å². The summed E-state index contributed by atoms with van der Waals surface area (Å²) in [5, 5.41) is 6.27. The lowest BCUT2D eigenvalue weighted by atomic mass is 10.3. The van der Waals surface area contributed by atoms with Crippen molar-refractivity contribution >= 4 is 22.4 Å². The van der Waals surface area contributed by atoms with Crippen LogP contribution in [0.4, 0.5) is 9.80 Å². The second-order valence-corrected chi connectivity index (χ2v) is 6.18. The highest BCUT2D eigenvalue weighted by Crippen LogP contribution is 2.22. The van der Waals surface area contributed by atoms with Crippen LogP contribution in [0.15, 0.2) is 35.7 Å². The van der Waals surface area contributed by atoms with Gasteiger partial charge in [0.15, 0.2) is 0 Å². The first-order chi connectivity index (χ1) is 11.3. The molecule has 1 aliphatic rings. The Bertz CT molecular complexity index is 639. The summed E-state index contributed by atoms with van der Waals surface area (Å²) < 4.78 is 5.09. The maximum absolute atomic E-state index is 12.3. The first kappa shape index (κ1) is 15.6. The molecule has 2 aromatic heterocycles. The molecule has 0 unspecified atom stereocenters. The van der Waals surface area contributed by atoms with Crippen molar-refractivity contribution in [2.45, 2.75) is 6.54 Å². The van der Waals surface area contributed by atoms with Gasteiger partial charge in [-0.25, -0.2) is 9.78 Å². The normalized spacial score (nSPS) is 14.7. The van der Waals surface area contributed by atoms with Gasteiger partial charge >= 0.3 is 6.03 Å². The summed E-state index contributed by atoms with van der Waals surface area (Å²) in [6, 6.07) is 9.66. The van der Waals surface area contributed by atoms with Crippen LogP contribution in [-0.2, 0) is 6.54 Å². The monoisotopic (exact) mass is 332 g/mol. The van der Waals surface area contributed by atoms with Gasteiger partial charge in [0.25, 0.3) is 0 Å². The minimum absolute atomic E-state index is 0.0413. The van der Waals surface area contributed by atoms with Gasteiger partial charge in [0, 0.05) is 32.2 Å². The average molecular weight is 332 g/mol. The largest absolute Gasteiger partial charge is 0.481 e. The lowest BCUT2D eigenvalue weighted by Crippen LogP contribution is -2.51. The minimum Gasteiger partial charge on any atom is -0.481 e. The van der Waals surface area contributed by atoms with E-state index in [2.05, 4.69) is 32.7 Å². The van der Waals surface area contributed by atoms with Gasteiger partial charge in [-0.3, -0.25) is 0 Å². The molecule has 0 bridgehead atoms. The highest BCUT2D eigenvalue weighted by atomic mass is 32.1. The number of anilines is 1. The molecule has 3 heterocycles. The number of ether oxygens (including phenoxy) is 1. The van der Waals surface area contributed by atoms with Gasteiger partial charge in [0.2, 0.25) is 5.88 Å². The second-order valence-electron chi connectivity index (χ2n) is 5.26. The number of nitrogens with one attached hydrogen (secondary N) is 1. The van der Waals surface area contributed by atoms with E-state index in [9.17, 15) is 4.79 Å². The van der Waals surface area contributed by atoms with Gasteiger partial charge in [0.1, 0.15) is 0 Å². The van der Waals surface area contributed by atoms with Crippen molar-refractivity contribution < 1.29 is 9.53 Å². The van der Waals surface area contributed by atoms with Crippen molar-refractivity contribution in [1.29, 1.82) is 0 Å². The molecule has 0 spiro atoms. The number of carbonyl (C=O) groups excluding carboxylic acids is 1. The molecule has 2 aromatic rings. The van der Waals surface area contributed by atoms with E-state index in [4.69, 9.17) is 4.74 Å². The van der Waals surface area contributed by atoms with E-state index >= 15 is 0 Å². The molecule has 7 heteroatoms. The Morgan fingerprint density at radius 1 is 1.26 bits per heavy atom. The number of methoxy groups -OCH3 is 1. The Kier molecular flexibility index (Phi) is 4.97. The number of carbonyl (C=O) groups is 1. The van der Waals surface area contributed by atoms with Gasteiger partial charge in [0.05, 0.1) is 24.3 Å². The van der Waals surface area contributed by atoms with Crippen molar-refractivity contribution in [3.05, 3.63) is 41.4 Å². The standard InChI is InChI=1S/C16H20N4O2S/c1-22-14-5-2-4-13(18-14)12-17-16(21)20-9-7-19(8-10-20)15-6-3-11-23-15/h2-6,11H,7-10,12H2,1H3,(H,17,21). The molecule has 3 rings (SSSR count). The van der Waals surface area contributed by atoms with E-state index in [1.54, 1.807) is 24.5 Å². The van der Waals surface area contributed by atoms with Crippen LogP contribution >= 0.6 is 11.3 Å². The van der Waals surface area contributed by atoms with Gasteiger partial charge in [-0.2, -0.15) is 0 Å². The fourth-order valence-electron chi connectivity index (χ4n) is 2.53. The summed E-state index contributed by atoms with van der Waals surface area (Å²) in [6.45, 7) is 3.60. The number of pyridine rings is 1. The highest BCUT2D eigenvalue weighted by Gasteiger charge is 2.21. The number of urea groups is 1. The summed E-state index contributed by atoms with van der Waals surface area (Å²) in [6.07, 6.45) is 0. The van der Waals surface area contributed by atoms with Crippen LogP contribution in [0.5, 0.6) is 5.88 Å². The zero-order valence-corrected chi connectivity index (χ0v) is 13.9. The number of nitrogens with zero attached hydrogens (tertiary/aromatic N) is 3. The molecule has 0 aromatic carbocycles. The molecule has 1 fully saturated rings. The fourth-order valence-corrected chi connectivity index (χ4v) is 3.31. The van der Waals surface area contributed by atoms with E-state index in [0.29, 0.717) is 12.4 Å². The van der Waals surface area contributed by atoms with Gasteiger partial charge in [-0.05, 0) is 23.6 Å². The van der Waals surface area contributed by atoms with E-state index in [0.717, 1.165) is 31.9 Å². The van der Waals surface area contributed by atoms with Crippen molar-refractivity contribution in [2.75, 3.05) is 38.2 Å². The lowest BCUT2D eigenvalue weighted by Gasteiger charge is -2.35. The van der Waals surface area contributed by atoms with Crippen molar-refractivity contribution in [3.8, 4) is 5.88 Å². The van der Waals surface area contributed by atoms with Crippen molar-refractivity contribution in [3.63, 3.8) is 0 Å². The van der Waals surface area contributed by atoms with Gasteiger partial charge in [-0.15, -0.1) is 11.3 Å². The van der Waals surface area contributed by atoms with E-state index in [1.165, 1.54) is 5.00 Å². The van der Waals surface area contributed by atoms with E-state index < -0.39 is 0 Å². The molecular weight excluding hydrogens is 312 g/mol. The number of hydrogen-bond donors (Lipinski definition) is 1. The third kappa shape index (κ3) is 3.92. The summed E-state index contributed by atoms with van der Waals surface area (Å²) in [7, 11) is 1.58. The molecule has 0 saturated carbocycles. The first-order valence-corrected chi connectivity index (χ1v) is 8.45. The Morgan fingerprint density at radius 2 is 2.09 bits per heavy atom. The maximum Gasteiger partial charge on any atom is 0.317 e.